The third kappa shape index (κ3) is 4.19. The topological polar surface area (TPSA) is 54.5 Å². The van der Waals surface area contributed by atoms with E-state index in [1.54, 1.807) is 0 Å². The molecular weight excluding hydrogens is 362 g/mol. The van der Waals surface area contributed by atoms with Crippen LogP contribution in [0.25, 0.3) is 22.0 Å². The Morgan fingerprint density at radius 1 is 1.17 bits per heavy atom. The lowest BCUT2D eigenvalue weighted by molar-refractivity contribution is -0.132. The van der Waals surface area contributed by atoms with Gasteiger partial charge in [-0.3, -0.25) is 9.78 Å². The number of nitrogens with zero attached hydrogens (tertiary/aromatic N) is 2. The van der Waals surface area contributed by atoms with Crippen molar-refractivity contribution < 1.29 is 9.53 Å². The zero-order chi connectivity index (χ0) is 20.2. The van der Waals surface area contributed by atoms with Crippen molar-refractivity contribution in [1.29, 1.82) is 0 Å². The van der Waals surface area contributed by atoms with Crippen LogP contribution in [0.15, 0.2) is 54.7 Å². The number of rotatable bonds is 5. The molecule has 1 saturated heterocycles. The summed E-state index contributed by atoms with van der Waals surface area (Å²) in [4.78, 5) is 18.2. The fourth-order valence-electron chi connectivity index (χ4n) is 3.92. The van der Waals surface area contributed by atoms with Gasteiger partial charge in [0.2, 0.25) is 5.91 Å². The number of amides is 1. The van der Waals surface area contributed by atoms with Crippen molar-refractivity contribution in [3.63, 3.8) is 0 Å². The fourth-order valence-corrected chi connectivity index (χ4v) is 3.92. The number of ether oxygens (including phenoxy) is 1. The molecule has 1 amide bonds. The lowest BCUT2D eigenvalue weighted by Gasteiger charge is -2.32. The standard InChI is InChI=1S/C24H27N3O2/c1-3-24(28)27-13-10-20(11-14-27)29-19-8-6-17(7-9-19)21-16-22-18(5-4-12-26-22)15-23(21)25-2/h4-9,12,15-16,20,25H,3,10-11,13-14H2,1-2H3. The largest absolute Gasteiger partial charge is 0.490 e. The maximum Gasteiger partial charge on any atom is 0.222 e. The molecule has 4 rings (SSSR count). The van der Waals surface area contributed by atoms with Gasteiger partial charge in [0.25, 0.3) is 0 Å². The summed E-state index contributed by atoms with van der Waals surface area (Å²) in [6, 6.07) is 16.5. The van der Waals surface area contributed by atoms with Gasteiger partial charge in [0, 0.05) is 62.2 Å². The first-order valence-corrected chi connectivity index (χ1v) is 10.3. The SMILES string of the molecule is CCC(=O)N1CCC(Oc2ccc(-c3cc4ncccc4cc3NC)cc2)CC1. The minimum Gasteiger partial charge on any atom is -0.490 e. The molecule has 0 saturated carbocycles. The molecule has 0 bridgehead atoms. The summed E-state index contributed by atoms with van der Waals surface area (Å²) in [5.74, 6) is 1.11. The molecule has 0 unspecified atom stereocenters. The third-order valence-electron chi connectivity index (χ3n) is 5.58. The van der Waals surface area contributed by atoms with Gasteiger partial charge in [-0.25, -0.2) is 0 Å². The molecule has 1 aliphatic rings. The van der Waals surface area contributed by atoms with Crippen LogP contribution < -0.4 is 10.1 Å². The first kappa shape index (κ1) is 19.2. The molecule has 5 heteroatoms. The number of hydrogen-bond acceptors (Lipinski definition) is 4. The van der Waals surface area contributed by atoms with Gasteiger partial charge in [0.15, 0.2) is 0 Å². The molecule has 2 aromatic carbocycles. The average Bonchev–Trinajstić information content (AvgIpc) is 2.78. The van der Waals surface area contributed by atoms with E-state index in [1.165, 1.54) is 0 Å². The second-order valence-corrected chi connectivity index (χ2v) is 7.42. The Hall–Kier alpha value is -3.08. The van der Waals surface area contributed by atoms with Crippen molar-refractivity contribution in [2.24, 2.45) is 0 Å². The second kappa shape index (κ2) is 8.52. The highest BCUT2D eigenvalue weighted by Gasteiger charge is 2.23. The number of likely N-dealkylation sites (tertiary alicyclic amines) is 1. The van der Waals surface area contributed by atoms with Crippen LogP contribution in [0.3, 0.4) is 0 Å². The molecule has 0 aliphatic carbocycles. The van der Waals surface area contributed by atoms with E-state index in [2.05, 4.69) is 40.6 Å². The summed E-state index contributed by atoms with van der Waals surface area (Å²) in [5, 5.41) is 4.41. The minimum absolute atomic E-state index is 0.166. The zero-order valence-electron chi connectivity index (χ0n) is 17.0. The molecule has 1 fully saturated rings. The highest BCUT2D eigenvalue weighted by molar-refractivity contribution is 5.92. The summed E-state index contributed by atoms with van der Waals surface area (Å²) < 4.78 is 6.17. The first-order chi connectivity index (χ1) is 14.2. The Bertz CT molecular complexity index is 993. The maximum absolute atomic E-state index is 11.8. The van der Waals surface area contributed by atoms with Gasteiger partial charge in [-0.2, -0.15) is 0 Å². The third-order valence-corrected chi connectivity index (χ3v) is 5.58. The van der Waals surface area contributed by atoms with Crippen molar-refractivity contribution in [3.8, 4) is 16.9 Å². The fraction of sp³-hybridized carbons (Fsp3) is 0.333. The van der Waals surface area contributed by atoms with Crippen LogP contribution in [0.4, 0.5) is 5.69 Å². The van der Waals surface area contributed by atoms with Crippen LogP contribution in [0.2, 0.25) is 0 Å². The van der Waals surface area contributed by atoms with Crippen LogP contribution in [0.1, 0.15) is 26.2 Å². The van der Waals surface area contributed by atoms with E-state index in [9.17, 15) is 4.79 Å². The van der Waals surface area contributed by atoms with Gasteiger partial charge < -0.3 is 15.0 Å². The monoisotopic (exact) mass is 389 g/mol. The molecule has 3 aromatic rings. The Labute approximate surface area is 171 Å². The summed E-state index contributed by atoms with van der Waals surface area (Å²) in [6.45, 7) is 3.48. The van der Waals surface area contributed by atoms with E-state index in [0.717, 1.165) is 59.4 Å². The predicted molar refractivity (Wildman–Crippen MR) is 117 cm³/mol. The highest BCUT2D eigenvalue weighted by Crippen LogP contribution is 2.33. The second-order valence-electron chi connectivity index (χ2n) is 7.42. The number of pyridine rings is 1. The van der Waals surface area contributed by atoms with E-state index in [-0.39, 0.29) is 12.0 Å². The first-order valence-electron chi connectivity index (χ1n) is 10.3. The quantitative estimate of drug-likeness (QED) is 0.686. The molecule has 0 spiro atoms. The van der Waals surface area contributed by atoms with Crippen molar-refractivity contribution in [1.82, 2.24) is 9.88 Å². The van der Waals surface area contributed by atoms with Gasteiger partial charge in [0.1, 0.15) is 11.9 Å². The number of carbonyl (C=O) groups is 1. The summed E-state index contributed by atoms with van der Waals surface area (Å²) >= 11 is 0. The molecular formula is C24H27N3O2. The molecule has 2 heterocycles. The number of benzene rings is 2. The van der Waals surface area contributed by atoms with Gasteiger partial charge in [-0.15, -0.1) is 0 Å². The van der Waals surface area contributed by atoms with Crippen molar-refractivity contribution in [2.75, 3.05) is 25.5 Å². The lowest BCUT2D eigenvalue weighted by atomic mass is 10.0. The van der Waals surface area contributed by atoms with Crippen LogP contribution in [0.5, 0.6) is 5.75 Å². The summed E-state index contributed by atoms with van der Waals surface area (Å²) in [7, 11) is 1.94. The smallest absolute Gasteiger partial charge is 0.222 e. The Morgan fingerprint density at radius 3 is 2.62 bits per heavy atom. The van der Waals surface area contributed by atoms with E-state index >= 15 is 0 Å². The Morgan fingerprint density at radius 2 is 1.93 bits per heavy atom. The molecule has 29 heavy (non-hydrogen) atoms. The zero-order valence-corrected chi connectivity index (χ0v) is 17.0. The minimum atomic E-state index is 0.166. The van der Waals surface area contributed by atoms with Crippen molar-refractivity contribution in [2.45, 2.75) is 32.3 Å². The van der Waals surface area contributed by atoms with Crippen LogP contribution in [-0.4, -0.2) is 42.0 Å². The number of anilines is 1. The molecule has 1 aliphatic heterocycles. The summed E-state index contributed by atoms with van der Waals surface area (Å²) in [6.07, 6.45) is 4.33. The molecule has 1 N–H and O–H groups in total. The van der Waals surface area contributed by atoms with E-state index in [4.69, 9.17) is 4.74 Å². The Kier molecular flexibility index (Phi) is 5.65. The number of fused-ring (bicyclic) bond motifs is 1. The van der Waals surface area contributed by atoms with Crippen molar-refractivity contribution in [3.05, 3.63) is 54.7 Å². The van der Waals surface area contributed by atoms with E-state index in [0.29, 0.717) is 6.42 Å². The highest BCUT2D eigenvalue weighted by atomic mass is 16.5. The van der Waals surface area contributed by atoms with Gasteiger partial charge >= 0.3 is 0 Å². The number of hydrogen-bond donors (Lipinski definition) is 1. The van der Waals surface area contributed by atoms with Crippen LogP contribution in [0, 0.1) is 0 Å². The number of carbonyl (C=O) groups excluding carboxylic acids is 1. The molecule has 1 aromatic heterocycles. The van der Waals surface area contributed by atoms with Gasteiger partial charge in [-0.05, 0) is 35.9 Å². The molecule has 0 radical (unpaired) electrons. The van der Waals surface area contributed by atoms with E-state index < -0.39 is 0 Å². The van der Waals surface area contributed by atoms with Gasteiger partial charge in [-0.1, -0.05) is 25.1 Å². The molecule has 150 valence electrons. The molecule has 5 nitrogen and oxygen atoms in total. The van der Waals surface area contributed by atoms with E-state index in [1.807, 2.05) is 43.3 Å². The normalized spacial score (nSPS) is 14.8. The van der Waals surface area contributed by atoms with Crippen LogP contribution >= 0.6 is 0 Å². The number of piperidine rings is 1. The average molecular weight is 389 g/mol. The van der Waals surface area contributed by atoms with Crippen LogP contribution in [-0.2, 0) is 4.79 Å². The lowest BCUT2D eigenvalue weighted by Crippen LogP contribution is -2.41. The Balaban J connectivity index is 1.47. The maximum atomic E-state index is 11.8. The predicted octanol–water partition coefficient (Wildman–Crippen LogP) is 4.72. The number of aromatic nitrogens is 1. The van der Waals surface area contributed by atoms with Crippen molar-refractivity contribution >= 4 is 22.5 Å². The number of nitrogens with one attached hydrogen (secondary N) is 1. The summed E-state index contributed by atoms with van der Waals surface area (Å²) in [5.41, 5.74) is 4.30. The molecule has 0 atom stereocenters. The van der Waals surface area contributed by atoms with Gasteiger partial charge in [0.05, 0.1) is 5.52 Å².